The quantitative estimate of drug-likeness (QED) is 0.630. The summed E-state index contributed by atoms with van der Waals surface area (Å²) in [5.74, 6) is 0.823. The summed E-state index contributed by atoms with van der Waals surface area (Å²) in [7, 11) is 0. The molecule has 3 aromatic rings. The van der Waals surface area contributed by atoms with E-state index < -0.39 is 0 Å². The molecule has 0 aliphatic heterocycles. The molecular weight excluding hydrogens is 350 g/mol. The molecule has 1 heterocycles. The minimum Gasteiger partial charge on any atom is -0.372 e. The molecule has 0 bridgehead atoms. The number of carbonyl (C=O) groups excluding carboxylic acids is 1. The van der Waals surface area contributed by atoms with Gasteiger partial charge >= 0.3 is 0 Å². The monoisotopic (exact) mass is 375 g/mol. The topological polar surface area (TPSA) is 70.2 Å². The van der Waals surface area contributed by atoms with Crippen LogP contribution in [0.2, 0.25) is 0 Å². The van der Waals surface area contributed by atoms with E-state index in [-0.39, 0.29) is 5.91 Å². The molecule has 6 nitrogen and oxygen atoms in total. The molecule has 28 heavy (non-hydrogen) atoms. The van der Waals surface area contributed by atoms with E-state index in [1.165, 1.54) is 5.69 Å². The van der Waals surface area contributed by atoms with Crippen LogP contribution in [0.4, 0.5) is 23.0 Å². The number of amides is 1. The lowest BCUT2D eigenvalue weighted by atomic mass is 10.1. The van der Waals surface area contributed by atoms with Gasteiger partial charge in [-0.1, -0.05) is 17.7 Å². The van der Waals surface area contributed by atoms with Gasteiger partial charge < -0.3 is 15.5 Å². The van der Waals surface area contributed by atoms with Crippen molar-refractivity contribution in [3.63, 3.8) is 0 Å². The van der Waals surface area contributed by atoms with E-state index in [9.17, 15) is 4.79 Å². The van der Waals surface area contributed by atoms with Crippen molar-refractivity contribution in [3.05, 3.63) is 71.8 Å². The van der Waals surface area contributed by atoms with Gasteiger partial charge in [0, 0.05) is 30.0 Å². The fourth-order valence-electron chi connectivity index (χ4n) is 2.93. The van der Waals surface area contributed by atoms with Gasteiger partial charge in [0.05, 0.1) is 0 Å². The number of anilines is 4. The highest BCUT2D eigenvalue weighted by atomic mass is 16.1. The molecule has 0 spiro atoms. The number of rotatable bonds is 7. The van der Waals surface area contributed by atoms with Crippen molar-refractivity contribution in [3.8, 4) is 0 Å². The van der Waals surface area contributed by atoms with E-state index in [4.69, 9.17) is 0 Å². The average molecular weight is 375 g/mol. The third-order valence-corrected chi connectivity index (χ3v) is 4.45. The maximum atomic E-state index is 12.3. The molecule has 1 aromatic heterocycles. The molecule has 0 saturated carbocycles. The zero-order valence-corrected chi connectivity index (χ0v) is 16.4. The van der Waals surface area contributed by atoms with E-state index in [0.717, 1.165) is 24.3 Å². The standard InChI is InChI=1S/C22H25N5O/c1-4-27(5-2)19-11-9-18(10-12-19)23-20-13-14-21(26-25-20)24-22(28)17-8-6-7-16(3)15-17/h6-15H,4-5H2,1-3H3,(H,23,25)(H,24,26,28). The Morgan fingerprint density at radius 1 is 0.929 bits per heavy atom. The molecule has 0 aliphatic rings. The molecule has 144 valence electrons. The Morgan fingerprint density at radius 3 is 2.21 bits per heavy atom. The van der Waals surface area contributed by atoms with Crippen LogP contribution in [-0.4, -0.2) is 29.2 Å². The van der Waals surface area contributed by atoms with Gasteiger partial charge in [-0.2, -0.15) is 0 Å². The summed E-state index contributed by atoms with van der Waals surface area (Å²) >= 11 is 0. The molecule has 0 unspecified atom stereocenters. The molecule has 6 heteroatoms. The Kier molecular flexibility index (Phi) is 6.22. The first kappa shape index (κ1) is 19.4. The Labute approximate surface area is 165 Å². The van der Waals surface area contributed by atoms with Crippen molar-refractivity contribution in [2.24, 2.45) is 0 Å². The lowest BCUT2D eigenvalue weighted by molar-refractivity contribution is 0.102. The van der Waals surface area contributed by atoms with Gasteiger partial charge in [0.25, 0.3) is 5.91 Å². The van der Waals surface area contributed by atoms with Crippen molar-refractivity contribution in [2.45, 2.75) is 20.8 Å². The van der Waals surface area contributed by atoms with Crippen LogP contribution in [0.1, 0.15) is 29.8 Å². The zero-order valence-electron chi connectivity index (χ0n) is 16.4. The van der Waals surface area contributed by atoms with Crippen molar-refractivity contribution in [1.29, 1.82) is 0 Å². The smallest absolute Gasteiger partial charge is 0.256 e. The second kappa shape index (κ2) is 8.99. The van der Waals surface area contributed by atoms with Gasteiger partial charge in [0.2, 0.25) is 0 Å². The van der Waals surface area contributed by atoms with E-state index in [2.05, 4.69) is 51.7 Å². The number of benzene rings is 2. The predicted molar refractivity (Wildman–Crippen MR) is 114 cm³/mol. The third-order valence-electron chi connectivity index (χ3n) is 4.45. The number of carbonyl (C=O) groups is 1. The Balaban J connectivity index is 1.62. The van der Waals surface area contributed by atoms with Crippen LogP contribution >= 0.6 is 0 Å². The van der Waals surface area contributed by atoms with E-state index >= 15 is 0 Å². The van der Waals surface area contributed by atoms with Gasteiger partial charge in [-0.05, 0) is 69.3 Å². The van der Waals surface area contributed by atoms with Gasteiger partial charge in [-0.25, -0.2) is 0 Å². The number of nitrogens with zero attached hydrogens (tertiary/aromatic N) is 3. The summed E-state index contributed by atoms with van der Waals surface area (Å²) in [5.41, 5.74) is 3.75. The predicted octanol–water partition coefficient (Wildman–Crippen LogP) is 4.63. The summed E-state index contributed by atoms with van der Waals surface area (Å²) in [6.07, 6.45) is 0. The fraction of sp³-hybridized carbons (Fsp3) is 0.227. The third kappa shape index (κ3) is 4.85. The van der Waals surface area contributed by atoms with Gasteiger partial charge in [-0.3, -0.25) is 4.79 Å². The lowest BCUT2D eigenvalue weighted by Crippen LogP contribution is -2.21. The molecule has 0 fully saturated rings. The number of aromatic nitrogens is 2. The van der Waals surface area contributed by atoms with Crippen molar-refractivity contribution >= 4 is 28.9 Å². The molecule has 2 aromatic carbocycles. The molecule has 1 amide bonds. The Hall–Kier alpha value is -3.41. The minimum absolute atomic E-state index is 0.203. The second-order valence-corrected chi connectivity index (χ2v) is 6.47. The number of nitrogens with one attached hydrogen (secondary N) is 2. The number of hydrogen-bond donors (Lipinski definition) is 2. The van der Waals surface area contributed by atoms with Crippen molar-refractivity contribution < 1.29 is 4.79 Å². The zero-order chi connectivity index (χ0) is 19.9. The van der Waals surface area contributed by atoms with Crippen LogP contribution in [0.15, 0.2) is 60.7 Å². The molecule has 0 radical (unpaired) electrons. The van der Waals surface area contributed by atoms with Crippen LogP contribution in [0.5, 0.6) is 0 Å². The fourth-order valence-corrected chi connectivity index (χ4v) is 2.93. The molecule has 0 aliphatic carbocycles. The summed E-state index contributed by atoms with van der Waals surface area (Å²) in [6.45, 7) is 8.19. The normalized spacial score (nSPS) is 10.4. The van der Waals surface area contributed by atoms with Crippen molar-refractivity contribution in [2.75, 3.05) is 28.6 Å². The van der Waals surface area contributed by atoms with Gasteiger partial charge in [0.15, 0.2) is 11.6 Å². The lowest BCUT2D eigenvalue weighted by Gasteiger charge is -2.21. The summed E-state index contributed by atoms with van der Waals surface area (Å²) in [5, 5.41) is 14.2. The molecular formula is C22H25N5O. The van der Waals surface area contributed by atoms with Gasteiger partial charge in [-0.15, -0.1) is 10.2 Å². The Bertz CT molecular complexity index is 918. The first-order chi connectivity index (χ1) is 13.6. The highest BCUT2D eigenvalue weighted by Crippen LogP contribution is 2.20. The van der Waals surface area contributed by atoms with E-state index in [1.54, 1.807) is 18.2 Å². The maximum absolute atomic E-state index is 12.3. The van der Waals surface area contributed by atoms with Gasteiger partial charge in [0.1, 0.15) is 0 Å². The summed E-state index contributed by atoms with van der Waals surface area (Å²) in [4.78, 5) is 14.6. The molecule has 0 saturated heterocycles. The number of hydrogen-bond acceptors (Lipinski definition) is 5. The summed E-state index contributed by atoms with van der Waals surface area (Å²) < 4.78 is 0. The minimum atomic E-state index is -0.203. The molecule has 2 N–H and O–H groups in total. The van der Waals surface area contributed by atoms with E-state index in [1.807, 2.05) is 37.3 Å². The maximum Gasteiger partial charge on any atom is 0.256 e. The molecule has 3 rings (SSSR count). The first-order valence-corrected chi connectivity index (χ1v) is 9.43. The number of aryl methyl sites for hydroxylation is 1. The average Bonchev–Trinajstić information content (AvgIpc) is 2.71. The largest absolute Gasteiger partial charge is 0.372 e. The van der Waals surface area contributed by atoms with Crippen LogP contribution in [0.25, 0.3) is 0 Å². The second-order valence-electron chi connectivity index (χ2n) is 6.47. The van der Waals surface area contributed by atoms with E-state index in [0.29, 0.717) is 17.2 Å². The van der Waals surface area contributed by atoms with Crippen molar-refractivity contribution in [1.82, 2.24) is 10.2 Å². The highest BCUT2D eigenvalue weighted by molar-refractivity contribution is 6.03. The van der Waals surface area contributed by atoms with Crippen LogP contribution in [-0.2, 0) is 0 Å². The molecule has 0 atom stereocenters. The summed E-state index contributed by atoms with van der Waals surface area (Å²) in [6, 6.07) is 19.1. The first-order valence-electron chi connectivity index (χ1n) is 9.43. The van der Waals surface area contributed by atoms with Crippen LogP contribution < -0.4 is 15.5 Å². The van der Waals surface area contributed by atoms with Crippen LogP contribution in [0, 0.1) is 6.92 Å². The highest BCUT2D eigenvalue weighted by Gasteiger charge is 2.08. The SMILES string of the molecule is CCN(CC)c1ccc(Nc2ccc(NC(=O)c3cccc(C)c3)nn2)cc1. The van der Waals surface area contributed by atoms with Crippen LogP contribution in [0.3, 0.4) is 0 Å². The Morgan fingerprint density at radius 2 is 1.61 bits per heavy atom.